The molecular formula is C19H9ClF10O3. The van der Waals surface area contributed by atoms with E-state index in [0.29, 0.717) is 24.3 Å². The van der Waals surface area contributed by atoms with Crippen LogP contribution in [-0.2, 0) is 6.18 Å². The third-order valence-corrected chi connectivity index (χ3v) is 4.35. The third-order valence-electron chi connectivity index (χ3n) is 4.04. The van der Waals surface area contributed by atoms with Crippen LogP contribution in [0.3, 0.4) is 0 Å². The minimum Gasteiger partial charge on any atom is -0.478 e. The molecular weight excluding hydrogens is 502 g/mol. The number of hydrogen-bond donors (Lipinski definition) is 1. The summed E-state index contributed by atoms with van der Waals surface area (Å²) < 4.78 is 135. The van der Waals surface area contributed by atoms with E-state index in [2.05, 4.69) is 4.74 Å². The van der Waals surface area contributed by atoms with Gasteiger partial charge in [-0.3, -0.25) is 0 Å². The van der Waals surface area contributed by atoms with Crippen molar-refractivity contribution < 1.29 is 58.5 Å². The second-order valence-electron chi connectivity index (χ2n) is 6.33. The molecule has 0 fully saturated rings. The molecule has 0 aliphatic carbocycles. The van der Waals surface area contributed by atoms with Gasteiger partial charge in [-0.2, -0.15) is 26.3 Å². The molecule has 0 aromatic heterocycles. The quantitative estimate of drug-likeness (QED) is 0.421. The number of halogens is 11. The summed E-state index contributed by atoms with van der Waals surface area (Å²) in [7, 11) is 0. The number of alkyl halides is 9. The van der Waals surface area contributed by atoms with Crippen LogP contribution in [-0.4, -0.2) is 23.6 Å². The van der Waals surface area contributed by atoms with Crippen molar-refractivity contribution in [3.63, 3.8) is 0 Å². The lowest BCUT2D eigenvalue weighted by molar-refractivity contribution is -0.274. The zero-order chi connectivity index (χ0) is 25.4. The van der Waals surface area contributed by atoms with E-state index in [0.717, 1.165) is 0 Å². The van der Waals surface area contributed by atoms with E-state index in [1.54, 1.807) is 0 Å². The highest BCUT2D eigenvalue weighted by Crippen LogP contribution is 2.42. The number of carbonyl (C=O) groups is 1. The molecule has 0 aliphatic heterocycles. The Hall–Kier alpha value is -2.96. The van der Waals surface area contributed by atoms with Gasteiger partial charge in [0.25, 0.3) is 0 Å². The highest BCUT2D eigenvalue weighted by Gasteiger charge is 2.41. The van der Waals surface area contributed by atoms with Gasteiger partial charge in [0, 0.05) is 5.56 Å². The van der Waals surface area contributed by atoms with E-state index in [1.807, 2.05) is 0 Å². The summed E-state index contributed by atoms with van der Waals surface area (Å²) >= 11 is 5.47. The Labute approximate surface area is 182 Å². The average molecular weight is 511 g/mol. The van der Waals surface area contributed by atoms with Gasteiger partial charge >= 0.3 is 24.7 Å². The SMILES string of the molecule is O=C(O)c1ccc(/C(F)=C/C(c2ccc(Cl)c(OC(F)(F)F)c2)C(F)(F)F)cc1C(F)(F)F. The molecule has 2 aromatic carbocycles. The smallest absolute Gasteiger partial charge is 0.478 e. The van der Waals surface area contributed by atoms with Crippen LogP contribution < -0.4 is 4.74 Å². The highest BCUT2D eigenvalue weighted by molar-refractivity contribution is 6.32. The van der Waals surface area contributed by atoms with Gasteiger partial charge in [-0.1, -0.05) is 23.7 Å². The molecule has 0 heterocycles. The molecule has 0 saturated carbocycles. The first kappa shape index (κ1) is 26.3. The van der Waals surface area contributed by atoms with Crippen molar-refractivity contribution >= 4 is 23.4 Å². The average Bonchev–Trinajstić information content (AvgIpc) is 2.64. The molecule has 1 N–H and O–H groups in total. The van der Waals surface area contributed by atoms with Crippen molar-refractivity contribution in [3.8, 4) is 5.75 Å². The summed E-state index contributed by atoms with van der Waals surface area (Å²) in [5.41, 5.74) is -5.08. The highest BCUT2D eigenvalue weighted by atomic mass is 35.5. The van der Waals surface area contributed by atoms with Crippen LogP contribution in [0.25, 0.3) is 5.83 Å². The van der Waals surface area contributed by atoms with Crippen molar-refractivity contribution in [3.05, 3.63) is 69.8 Å². The lowest BCUT2D eigenvalue weighted by atomic mass is 9.95. The second-order valence-corrected chi connectivity index (χ2v) is 6.74. The maximum Gasteiger partial charge on any atom is 0.573 e. The maximum atomic E-state index is 14.6. The Kier molecular flexibility index (Phi) is 7.27. The van der Waals surface area contributed by atoms with Crippen LogP contribution in [0.1, 0.15) is 33.0 Å². The summed E-state index contributed by atoms with van der Waals surface area (Å²) in [5.74, 6) is -7.98. The summed E-state index contributed by atoms with van der Waals surface area (Å²) in [6, 6.07) is 2.38. The Morgan fingerprint density at radius 2 is 1.58 bits per heavy atom. The normalized spacial score (nSPS) is 14.2. The van der Waals surface area contributed by atoms with Crippen LogP contribution in [0.15, 0.2) is 42.5 Å². The van der Waals surface area contributed by atoms with Crippen LogP contribution >= 0.6 is 11.6 Å². The number of rotatable bonds is 5. The van der Waals surface area contributed by atoms with Crippen molar-refractivity contribution in [2.45, 2.75) is 24.6 Å². The molecule has 0 spiro atoms. The minimum absolute atomic E-state index is 0.00275. The molecule has 2 aromatic rings. The zero-order valence-corrected chi connectivity index (χ0v) is 16.3. The van der Waals surface area contributed by atoms with Crippen LogP contribution in [0, 0.1) is 0 Å². The Morgan fingerprint density at radius 1 is 0.970 bits per heavy atom. The van der Waals surface area contributed by atoms with Crippen molar-refractivity contribution in [1.29, 1.82) is 0 Å². The number of allylic oxidation sites excluding steroid dienone is 1. The topological polar surface area (TPSA) is 46.5 Å². The number of carboxylic acid groups (broad SMARTS) is 1. The molecule has 0 aliphatic rings. The van der Waals surface area contributed by atoms with Crippen molar-refractivity contribution in [2.75, 3.05) is 0 Å². The standard InChI is InChI=1S/C19H9ClF10O3/c20-13-4-2-8(6-15(13)33-19(28,29)30)11(17(22,23)24)7-14(21)9-1-3-10(16(31)32)12(5-9)18(25,26)27/h1-7,11H,(H,31,32)/b14-7-. The monoisotopic (exact) mass is 510 g/mol. The second kappa shape index (κ2) is 9.12. The van der Waals surface area contributed by atoms with E-state index < -0.39 is 69.5 Å². The zero-order valence-electron chi connectivity index (χ0n) is 15.5. The maximum absolute atomic E-state index is 14.6. The molecule has 1 unspecified atom stereocenters. The van der Waals surface area contributed by atoms with Gasteiger partial charge < -0.3 is 9.84 Å². The van der Waals surface area contributed by atoms with Crippen molar-refractivity contribution in [1.82, 2.24) is 0 Å². The molecule has 180 valence electrons. The van der Waals surface area contributed by atoms with E-state index in [1.165, 1.54) is 0 Å². The Morgan fingerprint density at radius 3 is 2.06 bits per heavy atom. The minimum atomic E-state index is -5.31. The third kappa shape index (κ3) is 6.76. The lowest BCUT2D eigenvalue weighted by Gasteiger charge is -2.19. The number of ether oxygens (including phenoxy) is 1. The summed E-state index contributed by atoms with van der Waals surface area (Å²) in [4.78, 5) is 10.9. The molecule has 0 amide bonds. The summed E-state index contributed by atoms with van der Waals surface area (Å²) in [6.07, 6.45) is -16.0. The van der Waals surface area contributed by atoms with E-state index in [-0.39, 0.29) is 18.2 Å². The molecule has 14 heteroatoms. The molecule has 0 bridgehead atoms. The molecule has 2 rings (SSSR count). The van der Waals surface area contributed by atoms with Gasteiger partial charge in [0.2, 0.25) is 0 Å². The van der Waals surface area contributed by atoms with E-state index in [4.69, 9.17) is 16.7 Å². The largest absolute Gasteiger partial charge is 0.573 e. The first-order chi connectivity index (χ1) is 14.9. The molecule has 0 radical (unpaired) electrons. The van der Waals surface area contributed by atoms with Crippen LogP contribution in [0.5, 0.6) is 5.75 Å². The summed E-state index contributed by atoms with van der Waals surface area (Å²) in [5, 5.41) is 8.12. The number of hydrogen-bond acceptors (Lipinski definition) is 2. The predicted molar refractivity (Wildman–Crippen MR) is 94.4 cm³/mol. The predicted octanol–water partition coefficient (Wildman–Crippen LogP) is 7.61. The van der Waals surface area contributed by atoms with Crippen LogP contribution in [0.4, 0.5) is 43.9 Å². The Bertz CT molecular complexity index is 1070. The molecule has 1 atom stereocenters. The number of carboxylic acids is 1. The van der Waals surface area contributed by atoms with Crippen molar-refractivity contribution in [2.24, 2.45) is 0 Å². The fourth-order valence-electron chi connectivity index (χ4n) is 2.65. The number of aromatic carboxylic acids is 1. The van der Waals surface area contributed by atoms with Gasteiger partial charge in [0.05, 0.1) is 16.1 Å². The Balaban J connectivity index is 2.59. The summed E-state index contributed by atoms with van der Waals surface area (Å²) in [6.45, 7) is 0. The van der Waals surface area contributed by atoms with Gasteiger partial charge in [0.1, 0.15) is 17.5 Å². The van der Waals surface area contributed by atoms with E-state index >= 15 is 0 Å². The fourth-order valence-corrected chi connectivity index (χ4v) is 2.81. The molecule has 33 heavy (non-hydrogen) atoms. The number of benzene rings is 2. The van der Waals surface area contributed by atoms with Gasteiger partial charge in [0.15, 0.2) is 0 Å². The van der Waals surface area contributed by atoms with Gasteiger partial charge in [-0.25, -0.2) is 9.18 Å². The molecule has 3 nitrogen and oxygen atoms in total. The lowest BCUT2D eigenvalue weighted by Crippen LogP contribution is -2.20. The van der Waals surface area contributed by atoms with Gasteiger partial charge in [-0.15, -0.1) is 13.2 Å². The van der Waals surface area contributed by atoms with E-state index in [9.17, 15) is 48.7 Å². The fraction of sp³-hybridized carbons (Fsp3) is 0.211. The van der Waals surface area contributed by atoms with Crippen LogP contribution in [0.2, 0.25) is 5.02 Å². The first-order valence-corrected chi connectivity index (χ1v) is 8.72. The van der Waals surface area contributed by atoms with Gasteiger partial charge in [-0.05, 0) is 35.9 Å². The first-order valence-electron chi connectivity index (χ1n) is 8.34. The molecule has 0 saturated heterocycles.